The number of nitrogens with one attached hydrogen (secondary N) is 1. The lowest BCUT2D eigenvalue weighted by molar-refractivity contribution is 0.103. The number of benzene rings is 2. The summed E-state index contributed by atoms with van der Waals surface area (Å²) in [7, 11) is 0. The standard InChI is InChI=1S/C23H21N3OS/c1-4-8-16-13(2)19-20(24)21(28-23(19)25-14(16)3)22(27)26-18-12-7-10-15-9-5-6-11-17(15)18/h4-7,9-12H,1,8,24H2,2-3H3,(H,26,27). The average Bonchev–Trinajstić information content (AvgIpc) is 3.02. The number of hydrogen-bond donors (Lipinski definition) is 2. The molecule has 28 heavy (non-hydrogen) atoms. The molecule has 3 N–H and O–H groups in total. The van der Waals surface area contributed by atoms with Crippen molar-refractivity contribution in [2.45, 2.75) is 20.3 Å². The number of carbonyl (C=O) groups excluding carboxylic acids is 1. The maximum Gasteiger partial charge on any atom is 0.267 e. The zero-order valence-electron chi connectivity index (χ0n) is 15.9. The van der Waals surface area contributed by atoms with Crippen LogP contribution in [0.2, 0.25) is 0 Å². The number of hydrogen-bond acceptors (Lipinski definition) is 4. The van der Waals surface area contributed by atoms with E-state index in [1.807, 2.05) is 62.4 Å². The number of nitrogen functional groups attached to an aromatic ring is 1. The molecule has 0 aliphatic carbocycles. The molecule has 4 rings (SSSR count). The van der Waals surface area contributed by atoms with E-state index < -0.39 is 0 Å². The summed E-state index contributed by atoms with van der Waals surface area (Å²) in [5, 5.41) is 5.97. The second-order valence-electron chi connectivity index (χ2n) is 6.80. The SMILES string of the molecule is C=CCc1c(C)nc2sc(C(=O)Nc3cccc4ccccc34)c(N)c2c1C. The summed E-state index contributed by atoms with van der Waals surface area (Å²) in [5.41, 5.74) is 10.8. The van der Waals surface area contributed by atoms with Crippen LogP contribution < -0.4 is 11.1 Å². The fourth-order valence-electron chi connectivity index (χ4n) is 3.64. The number of amides is 1. The van der Waals surface area contributed by atoms with E-state index in [0.29, 0.717) is 10.6 Å². The van der Waals surface area contributed by atoms with Crippen LogP contribution in [0.3, 0.4) is 0 Å². The van der Waals surface area contributed by atoms with E-state index in [1.54, 1.807) is 0 Å². The minimum Gasteiger partial charge on any atom is -0.397 e. The molecule has 140 valence electrons. The number of nitrogens with two attached hydrogens (primary N) is 1. The van der Waals surface area contributed by atoms with Crippen LogP contribution in [0.25, 0.3) is 21.0 Å². The number of carbonyl (C=O) groups is 1. The Balaban J connectivity index is 1.78. The van der Waals surface area contributed by atoms with Crippen molar-refractivity contribution in [3.05, 3.63) is 76.8 Å². The molecule has 4 nitrogen and oxygen atoms in total. The first kappa shape index (κ1) is 18.2. The fourth-order valence-corrected chi connectivity index (χ4v) is 4.74. The lowest BCUT2D eigenvalue weighted by Crippen LogP contribution is -2.12. The van der Waals surface area contributed by atoms with Gasteiger partial charge in [0.25, 0.3) is 5.91 Å². The third-order valence-electron chi connectivity index (χ3n) is 5.05. The van der Waals surface area contributed by atoms with Crippen LogP contribution in [0.5, 0.6) is 0 Å². The van der Waals surface area contributed by atoms with Gasteiger partial charge in [0.1, 0.15) is 9.71 Å². The monoisotopic (exact) mass is 387 g/mol. The number of fused-ring (bicyclic) bond motifs is 2. The second kappa shape index (κ2) is 7.09. The number of aryl methyl sites for hydroxylation is 2. The normalized spacial score (nSPS) is 11.1. The lowest BCUT2D eigenvalue weighted by Gasteiger charge is -2.09. The molecule has 0 saturated heterocycles. The Bertz CT molecular complexity index is 1230. The lowest BCUT2D eigenvalue weighted by atomic mass is 10.0. The van der Waals surface area contributed by atoms with E-state index in [2.05, 4.69) is 16.9 Å². The Morgan fingerprint density at radius 3 is 2.75 bits per heavy atom. The van der Waals surface area contributed by atoms with Gasteiger partial charge in [0.05, 0.1) is 5.69 Å². The first-order valence-corrected chi connectivity index (χ1v) is 9.91. The predicted octanol–water partition coefficient (Wildman–Crippen LogP) is 5.63. The third kappa shape index (κ3) is 2.94. The van der Waals surface area contributed by atoms with Gasteiger partial charge in [-0.25, -0.2) is 4.98 Å². The number of allylic oxidation sites excluding steroid dienone is 1. The minimum atomic E-state index is -0.209. The van der Waals surface area contributed by atoms with Gasteiger partial charge < -0.3 is 11.1 Å². The summed E-state index contributed by atoms with van der Waals surface area (Å²) >= 11 is 1.34. The largest absolute Gasteiger partial charge is 0.397 e. The number of thiophene rings is 1. The summed E-state index contributed by atoms with van der Waals surface area (Å²) in [6, 6.07) is 13.8. The Labute approximate surface area is 167 Å². The smallest absolute Gasteiger partial charge is 0.267 e. The molecule has 0 aliphatic heterocycles. The van der Waals surface area contributed by atoms with Gasteiger partial charge in [-0.3, -0.25) is 4.79 Å². The Hall–Kier alpha value is -3.18. The summed E-state index contributed by atoms with van der Waals surface area (Å²) in [4.78, 5) is 19.0. The minimum absolute atomic E-state index is 0.209. The van der Waals surface area contributed by atoms with Gasteiger partial charge in [-0.05, 0) is 42.8 Å². The highest BCUT2D eigenvalue weighted by Gasteiger charge is 2.21. The Kier molecular flexibility index (Phi) is 4.61. The maximum absolute atomic E-state index is 13.0. The van der Waals surface area contributed by atoms with Gasteiger partial charge in [0.15, 0.2) is 0 Å². The third-order valence-corrected chi connectivity index (χ3v) is 6.15. The van der Waals surface area contributed by atoms with E-state index in [0.717, 1.165) is 49.9 Å². The number of rotatable bonds is 4. The number of pyridine rings is 1. The molecule has 2 heterocycles. The van der Waals surface area contributed by atoms with Crippen molar-refractivity contribution in [2.75, 3.05) is 11.1 Å². The van der Waals surface area contributed by atoms with Crippen molar-refractivity contribution in [2.24, 2.45) is 0 Å². The van der Waals surface area contributed by atoms with Gasteiger partial charge in [-0.15, -0.1) is 17.9 Å². The van der Waals surface area contributed by atoms with Gasteiger partial charge in [-0.1, -0.05) is 42.5 Å². The highest BCUT2D eigenvalue weighted by molar-refractivity contribution is 7.21. The molecular weight excluding hydrogens is 366 g/mol. The van der Waals surface area contributed by atoms with Crippen LogP contribution in [0.4, 0.5) is 11.4 Å². The molecular formula is C23H21N3OS. The average molecular weight is 388 g/mol. The number of anilines is 2. The molecule has 0 spiro atoms. The molecule has 2 aromatic carbocycles. The number of nitrogens with zero attached hydrogens (tertiary/aromatic N) is 1. The van der Waals surface area contributed by atoms with Crippen molar-refractivity contribution < 1.29 is 4.79 Å². The zero-order chi connectivity index (χ0) is 19.8. The molecule has 0 saturated carbocycles. The number of aromatic nitrogens is 1. The summed E-state index contributed by atoms with van der Waals surface area (Å²) in [6.07, 6.45) is 2.59. The van der Waals surface area contributed by atoms with E-state index in [1.165, 1.54) is 11.3 Å². The van der Waals surface area contributed by atoms with Crippen molar-refractivity contribution in [3.63, 3.8) is 0 Å². The van der Waals surface area contributed by atoms with E-state index in [-0.39, 0.29) is 5.91 Å². The van der Waals surface area contributed by atoms with Crippen molar-refractivity contribution in [1.82, 2.24) is 4.98 Å². The molecule has 4 aromatic rings. The van der Waals surface area contributed by atoms with E-state index in [4.69, 9.17) is 5.73 Å². The Morgan fingerprint density at radius 1 is 1.21 bits per heavy atom. The van der Waals surface area contributed by atoms with Gasteiger partial charge in [0.2, 0.25) is 0 Å². The quantitative estimate of drug-likeness (QED) is 0.446. The topological polar surface area (TPSA) is 68.0 Å². The fraction of sp³-hybridized carbons (Fsp3) is 0.130. The molecule has 5 heteroatoms. The molecule has 0 atom stereocenters. The highest BCUT2D eigenvalue weighted by Crippen LogP contribution is 2.37. The van der Waals surface area contributed by atoms with Crippen LogP contribution in [0.1, 0.15) is 26.5 Å². The van der Waals surface area contributed by atoms with Crippen molar-refractivity contribution in [1.29, 1.82) is 0 Å². The van der Waals surface area contributed by atoms with Crippen LogP contribution in [0, 0.1) is 13.8 Å². The van der Waals surface area contributed by atoms with Crippen molar-refractivity contribution in [3.8, 4) is 0 Å². The first-order valence-electron chi connectivity index (χ1n) is 9.09. The van der Waals surface area contributed by atoms with Gasteiger partial charge >= 0.3 is 0 Å². The van der Waals surface area contributed by atoms with E-state index in [9.17, 15) is 4.79 Å². The first-order chi connectivity index (χ1) is 13.5. The zero-order valence-corrected chi connectivity index (χ0v) is 16.7. The molecule has 0 aliphatic rings. The second-order valence-corrected chi connectivity index (χ2v) is 7.80. The van der Waals surface area contributed by atoms with Crippen molar-refractivity contribution >= 4 is 49.6 Å². The molecule has 1 amide bonds. The molecule has 0 fully saturated rings. The van der Waals surface area contributed by atoms with Crippen LogP contribution in [0.15, 0.2) is 55.1 Å². The van der Waals surface area contributed by atoms with Gasteiger partial charge in [0, 0.05) is 22.2 Å². The molecule has 0 radical (unpaired) electrons. The maximum atomic E-state index is 13.0. The molecule has 0 unspecified atom stereocenters. The Morgan fingerprint density at radius 2 is 1.96 bits per heavy atom. The predicted molar refractivity (Wildman–Crippen MR) is 119 cm³/mol. The highest BCUT2D eigenvalue weighted by atomic mass is 32.1. The van der Waals surface area contributed by atoms with Crippen LogP contribution in [-0.4, -0.2) is 10.9 Å². The van der Waals surface area contributed by atoms with Gasteiger partial charge in [-0.2, -0.15) is 0 Å². The summed E-state index contributed by atoms with van der Waals surface area (Å²) < 4.78 is 0. The van der Waals surface area contributed by atoms with Crippen LogP contribution >= 0.6 is 11.3 Å². The summed E-state index contributed by atoms with van der Waals surface area (Å²) in [6.45, 7) is 7.84. The van der Waals surface area contributed by atoms with Crippen LogP contribution in [-0.2, 0) is 6.42 Å². The molecule has 2 aromatic heterocycles. The molecule has 0 bridgehead atoms. The summed E-state index contributed by atoms with van der Waals surface area (Å²) in [5.74, 6) is -0.209. The van der Waals surface area contributed by atoms with E-state index >= 15 is 0 Å².